The maximum Gasteiger partial charge on any atom is 0.262 e. The summed E-state index contributed by atoms with van der Waals surface area (Å²) in [5.74, 6) is 1.69. The molecule has 0 spiro atoms. The van der Waals surface area contributed by atoms with E-state index in [-0.39, 0.29) is 11.5 Å². The fraction of sp³-hybridized carbons (Fsp3) is 0.409. The fourth-order valence-corrected chi connectivity index (χ4v) is 5.67. The summed E-state index contributed by atoms with van der Waals surface area (Å²) in [7, 11) is 1.73. The molecule has 150 valence electrons. The Kier molecular flexibility index (Phi) is 4.95. The van der Waals surface area contributed by atoms with Gasteiger partial charge in [0.1, 0.15) is 4.83 Å². The molecule has 2 aromatic heterocycles. The lowest BCUT2D eigenvalue weighted by molar-refractivity contribution is -0.119. The molecule has 0 atom stereocenters. The number of carbonyl (C=O) groups excluding carboxylic acids is 1. The van der Waals surface area contributed by atoms with Crippen molar-refractivity contribution in [2.24, 2.45) is 18.9 Å². The third-order valence-electron chi connectivity index (χ3n) is 5.71. The summed E-state index contributed by atoms with van der Waals surface area (Å²) in [4.78, 5) is 31.8. The standard InChI is InChI=1S/C22H23N3O2S2/c1-25-21(27)16-11-17(13-5-3-2-4-6-13)29-20(16)24-22(25)28-12-18(26)23-19(14-7-8-14)15-9-10-15/h2-6,11,14-15,19H,7-10,12H2,1H3,(H,23,26). The summed E-state index contributed by atoms with van der Waals surface area (Å²) < 4.78 is 1.56. The van der Waals surface area contributed by atoms with Crippen molar-refractivity contribution < 1.29 is 4.79 Å². The normalized spacial score (nSPS) is 16.5. The van der Waals surface area contributed by atoms with Crippen molar-refractivity contribution >= 4 is 39.2 Å². The minimum atomic E-state index is -0.0647. The van der Waals surface area contributed by atoms with E-state index in [1.54, 1.807) is 11.6 Å². The predicted octanol–water partition coefficient (Wildman–Crippen LogP) is 4.06. The highest BCUT2D eigenvalue weighted by Crippen LogP contribution is 2.44. The van der Waals surface area contributed by atoms with Crippen LogP contribution in [0.15, 0.2) is 46.3 Å². The van der Waals surface area contributed by atoms with Gasteiger partial charge in [-0.2, -0.15) is 0 Å². The Morgan fingerprint density at radius 2 is 1.93 bits per heavy atom. The number of carbonyl (C=O) groups is 1. The number of amides is 1. The van der Waals surface area contributed by atoms with E-state index in [2.05, 4.69) is 5.32 Å². The summed E-state index contributed by atoms with van der Waals surface area (Å²) in [6.07, 6.45) is 4.96. The smallest absolute Gasteiger partial charge is 0.262 e. The molecule has 2 heterocycles. The zero-order valence-corrected chi connectivity index (χ0v) is 17.9. The van der Waals surface area contributed by atoms with Crippen molar-refractivity contribution in [2.45, 2.75) is 36.9 Å². The molecule has 0 saturated heterocycles. The van der Waals surface area contributed by atoms with Crippen molar-refractivity contribution in [2.75, 3.05) is 5.75 Å². The molecular formula is C22H23N3O2S2. The number of hydrogen-bond acceptors (Lipinski definition) is 5. The van der Waals surface area contributed by atoms with E-state index in [9.17, 15) is 9.59 Å². The fourth-order valence-electron chi connectivity index (χ4n) is 3.81. The third kappa shape index (κ3) is 3.98. The monoisotopic (exact) mass is 425 g/mol. The van der Waals surface area contributed by atoms with Gasteiger partial charge in [0.25, 0.3) is 5.56 Å². The lowest BCUT2D eigenvalue weighted by Gasteiger charge is -2.17. The zero-order valence-electron chi connectivity index (χ0n) is 16.3. The average molecular weight is 426 g/mol. The van der Waals surface area contributed by atoms with E-state index in [0.29, 0.717) is 34.2 Å². The summed E-state index contributed by atoms with van der Waals surface area (Å²) >= 11 is 2.86. The van der Waals surface area contributed by atoms with Crippen LogP contribution in [-0.2, 0) is 11.8 Å². The first kappa shape index (κ1) is 18.9. The molecule has 3 aromatic rings. The van der Waals surface area contributed by atoms with Crippen LogP contribution in [0.2, 0.25) is 0 Å². The van der Waals surface area contributed by atoms with Gasteiger partial charge in [0, 0.05) is 18.0 Å². The van der Waals surface area contributed by atoms with Crippen molar-refractivity contribution in [1.82, 2.24) is 14.9 Å². The van der Waals surface area contributed by atoms with Gasteiger partial charge in [-0.25, -0.2) is 4.98 Å². The SMILES string of the molecule is Cn1c(SCC(=O)NC(C2CC2)C2CC2)nc2sc(-c3ccccc3)cc2c1=O. The van der Waals surface area contributed by atoms with Crippen LogP contribution in [0.5, 0.6) is 0 Å². The lowest BCUT2D eigenvalue weighted by Crippen LogP contribution is -2.39. The number of hydrogen-bond donors (Lipinski definition) is 1. The topological polar surface area (TPSA) is 64.0 Å². The van der Waals surface area contributed by atoms with E-state index in [1.807, 2.05) is 36.4 Å². The number of aromatic nitrogens is 2. The number of thiophene rings is 1. The van der Waals surface area contributed by atoms with E-state index in [4.69, 9.17) is 4.98 Å². The summed E-state index contributed by atoms with van der Waals surface area (Å²) in [5, 5.41) is 4.46. The maximum absolute atomic E-state index is 12.8. The summed E-state index contributed by atoms with van der Waals surface area (Å²) in [5.41, 5.74) is 1.02. The number of nitrogens with zero attached hydrogens (tertiary/aromatic N) is 2. The van der Waals surface area contributed by atoms with Crippen LogP contribution in [0.3, 0.4) is 0 Å². The maximum atomic E-state index is 12.8. The van der Waals surface area contributed by atoms with Gasteiger partial charge in [0.05, 0.1) is 11.1 Å². The van der Waals surface area contributed by atoms with Crippen LogP contribution < -0.4 is 10.9 Å². The van der Waals surface area contributed by atoms with Gasteiger partial charge in [-0.3, -0.25) is 14.2 Å². The second-order valence-corrected chi connectivity index (χ2v) is 9.98. The first-order chi connectivity index (χ1) is 14.1. The number of nitrogens with one attached hydrogen (secondary N) is 1. The number of rotatable bonds is 7. The largest absolute Gasteiger partial charge is 0.352 e. The Morgan fingerprint density at radius 3 is 2.59 bits per heavy atom. The molecule has 2 fully saturated rings. The van der Waals surface area contributed by atoms with Crippen LogP contribution in [0.1, 0.15) is 25.7 Å². The van der Waals surface area contributed by atoms with Crippen molar-refractivity contribution in [3.63, 3.8) is 0 Å². The first-order valence-electron chi connectivity index (χ1n) is 10.1. The van der Waals surface area contributed by atoms with E-state index < -0.39 is 0 Å². The molecule has 5 rings (SSSR count). The molecule has 0 radical (unpaired) electrons. The van der Waals surface area contributed by atoms with Gasteiger partial charge in [0.15, 0.2) is 5.16 Å². The summed E-state index contributed by atoms with van der Waals surface area (Å²) in [6, 6.07) is 12.3. The molecule has 0 unspecified atom stereocenters. The Morgan fingerprint density at radius 1 is 1.24 bits per heavy atom. The molecule has 29 heavy (non-hydrogen) atoms. The van der Waals surface area contributed by atoms with E-state index in [1.165, 1.54) is 48.8 Å². The van der Waals surface area contributed by atoms with Gasteiger partial charge in [0.2, 0.25) is 5.91 Å². The Bertz CT molecular complexity index is 1100. The number of thioether (sulfide) groups is 1. The third-order valence-corrected chi connectivity index (χ3v) is 7.82. The molecule has 2 aliphatic carbocycles. The average Bonchev–Trinajstić information content (AvgIpc) is 3.66. The highest BCUT2D eigenvalue weighted by molar-refractivity contribution is 7.99. The van der Waals surface area contributed by atoms with Crippen LogP contribution in [0.25, 0.3) is 20.7 Å². The van der Waals surface area contributed by atoms with Gasteiger partial charge >= 0.3 is 0 Å². The van der Waals surface area contributed by atoms with Gasteiger partial charge < -0.3 is 5.32 Å². The van der Waals surface area contributed by atoms with Crippen LogP contribution in [-0.4, -0.2) is 27.3 Å². The second-order valence-electron chi connectivity index (χ2n) is 8.01. The quantitative estimate of drug-likeness (QED) is 0.458. The molecule has 2 aliphatic rings. The molecule has 7 heteroatoms. The van der Waals surface area contributed by atoms with Crippen molar-refractivity contribution in [3.05, 3.63) is 46.8 Å². The van der Waals surface area contributed by atoms with E-state index in [0.717, 1.165) is 15.3 Å². The van der Waals surface area contributed by atoms with E-state index >= 15 is 0 Å². The molecular weight excluding hydrogens is 402 g/mol. The highest BCUT2D eigenvalue weighted by atomic mass is 32.2. The minimum absolute atomic E-state index is 0.0456. The van der Waals surface area contributed by atoms with Gasteiger partial charge in [-0.1, -0.05) is 42.1 Å². The van der Waals surface area contributed by atoms with Crippen molar-refractivity contribution in [1.29, 1.82) is 0 Å². The molecule has 2 saturated carbocycles. The second kappa shape index (κ2) is 7.61. The Hall–Kier alpha value is -2.12. The Labute approximate surface area is 177 Å². The van der Waals surface area contributed by atoms with Crippen LogP contribution in [0.4, 0.5) is 0 Å². The molecule has 5 nitrogen and oxygen atoms in total. The number of benzene rings is 1. The van der Waals surface area contributed by atoms with Crippen molar-refractivity contribution in [3.8, 4) is 10.4 Å². The Balaban J connectivity index is 1.33. The number of fused-ring (bicyclic) bond motifs is 1. The molecule has 1 aromatic carbocycles. The molecule has 1 amide bonds. The molecule has 0 bridgehead atoms. The minimum Gasteiger partial charge on any atom is -0.352 e. The highest BCUT2D eigenvalue weighted by Gasteiger charge is 2.42. The first-order valence-corrected chi connectivity index (χ1v) is 11.9. The lowest BCUT2D eigenvalue weighted by atomic mass is 10.1. The van der Waals surface area contributed by atoms with Crippen LogP contribution >= 0.6 is 23.1 Å². The molecule has 0 aliphatic heterocycles. The van der Waals surface area contributed by atoms with Gasteiger partial charge in [-0.15, -0.1) is 11.3 Å². The van der Waals surface area contributed by atoms with Crippen LogP contribution in [0, 0.1) is 11.8 Å². The summed E-state index contributed by atoms with van der Waals surface area (Å²) in [6.45, 7) is 0. The van der Waals surface area contributed by atoms with Gasteiger partial charge in [-0.05, 0) is 49.1 Å². The molecule has 1 N–H and O–H groups in total. The zero-order chi connectivity index (χ0) is 20.0. The predicted molar refractivity (Wildman–Crippen MR) is 118 cm³/mol.